The van der Waals surface area contributed by atoms with E-state index < -0.39 is 0 Å². The molecule has 3 aromatic rings. The minimum atomic E-state index is 0.00785. The number of nitrogens with one attached hydrogen (secondary N) is 1. The van der Waals surface area contributed by atoms with Crippen LogP contribution in [0.15, 0.2) is 89.7 Å². The quantitative estimate of drug-likeness (QED) is 0.324. The number of nitrogens with zero attached hydrogens (tertiary/aromatic N) is 2. The minimum Gasteiger partial charge on any atom is -0.497 e. The average molecular weight is 594 g/mol. The fraction of sp³-hybridized carbons (Fsp3) is 0.344. The van der Waals surface area contributed by atoms with Crippen molar-refractivity contribution in [3.63, 3.8) is 0 Å². The van der Waals surface area contributed by atoms with Gasteiger partial charge in [-0.3, -0.25) is 9.69 Å². The van der Waals surface area contributed by atoms with E-state index in [0.717, 1.165) is 53.0 Å². The van der Waals surface area contributed by atoms with Gasteiger partial charge in [-0.15, -0.1) is 0 Å². The van der Waals surface area contributed by atoms with Crippen molar-refractivity contribution in [2.45, 2.75) is 45.8 Å². The molecular weight excluding hydrogens is 552 g/mol. The van der Waals surface area contributed by atoms with Crippen molar-refractivity contribution < 1.29 is 9.53 Å². The molecule has 39 heavy (non-hydrogen) atoms. The van der Waals surface area contributed by atoms with E-state index in [9.17, 15) is 4.79 Å². The lowest BCUT2D eigenvalue weighted by atomic mass is 9.89. The molecule has 1 unspecified atom stereocenters. The van der Waals surface area contributed by atoms with Gasteiger partial charge in [0, 0.05) is 42.4 Å². The van der Waals surface area contributed by atoms with Crippen LogP contribution in [0.2, 0.25) is 0 Å². The van der Waals surface area contributed by atoms with Crippen LogP contribution in [-0.2, 0) is 17.9 Å². The normalized spacial score (nSPS) is 17.3. The Morgan fingerprint density at radius 1 is 1.13 bits per heavy atom. The van der Waals surface area contributed by atoms with Gasteiger partial charge in [-0.1, -0.05) is 48.5 Å². The summed E-state index contributed by atoms with van der Waals surface area (Å²) < 4.78 is 6.25. The Bertz CT molecular complexity index is 1200. The third-order valence-electron chi connectivity index (χ3n) is 7.01. The number of amides is 1. The van der Waals surface area contributed by atoms with Gasteiger partial charge in [0.2, 0.25) is 5.91 Å². The van der Waals surface area contributed by atoms with Crippen LogP contribution < -0.4 is 20.7 Å². The van der Waals surface area contributed by atoms with Crippen LogP contribution in [0.4, 0.5) is 5.69 Å². The van der Waals surface area contributed by atoms with Crippen molar-refractivity contribution in [3.8, 4) is 5.75 Å². The lowest BCUT2D eigenvalue weighted by Gasteiger charge is -2.39. The molecule has 7 heteroatoms. The lowest BCUT2D eigenvalue weighted by Crippen LogP contribution is -2.46. The molecule has 2 atom stereocenters. The van der Waals surface area contributed by atoms with Crippen molar-refractivity contribution in [1.29, 1.82) is 0 Å². The fourth-order valence-corrected chi connectivity index (χ4v) is 5.55. The Morgan fingerprint density at radius 3 is 2.41 bits per heavy atom. The SMILES string of the molecule is CN/C=C\N.COc1ccc(CN(C(=O)C2CCN(Cc3ccccc3)[C@@H](C)C2)c2ccc(C)cc2Br)cc1. The van der Waals surface area contributed by atoms with Crippen LogP contribution >= 0.6 is 15.9 Å². The zero-order chi connectivity index (χ0) is 28.2. The number of ether oxygens (including phenoxy) is 1. The fourth-order valence-electron chi connectivity index (χ4n) is 4.84. The number of rotatable bonds is 8. The maximum atomic E-state index is 13.9. The zero-order valence-corrected chi connectivity index (χ0v) is 25.0. The number of carbonyl (C=O) groups is 1. The van der Waals surface area contributed by atoms with E-state index in [1.165, 1.54) is 11.8 Å². The number of likely N-dealkylation sites (tertiary alicyclic amines) is 1. The number of benzene rings is 3. The first-order valence-electron chi connectivity index (χ1n) is 13.4. The molecule has 1 saturated heterocycles. The Morgan fingerprint density at radius 2 is 1.85 bits per heavy atom. The third-order valence-corrected chi connectivity index (χ3v) is 7.65. The largest absolute Gasteiger partial charge is 0.497 e. The molecular formula is C32H41BrN4O2. The summed E-state index contributed by atoms with van der Waals surface area (Å²) in [5, 5.41) is 2.71. The van der Waals surface area contributed by atoms with E-state index in [0.29, 0.717) is 12.6 Å². The van der Waals surface area contributed by atoms with Crippen molar-refractivity contribution in [3.05, 3.63) is 106 Å². The van der Waals surface area contributed by atoms with Gasteiger partial charge < -0.3 is 20.7 Å². The lowest BCUT2D eigenvalue weighted by molar-refractivity contribution is -0.124. The summed E-state index contributed by atoms with van der Waals surface area (Å²) in [4.78, 5) is 18.4. The van der Waals surface area contributed by atoms with Crippen LogP contribution in [0.3, 0.4) is 0 Å². The predicted molar refractivity (Wildman–Crippen MR) is 164 cm³/mol. The molecule has 1 heterocycles. The van der Waals surface area contributed by atoms with Crippen LogP contribution in [0.5, 0.6) is 5.75 Å². The first-order chi connectivity index (χ1) is 18.9. The van der Waals surface area contributed by atoms with E-state index in [1.807, 2.05) is 29.2 Å². The van der Waals surface area contributed by atoms with E-state index in [4.69, 9.17) is 10.5 Å². The minimum absolute atomic E-state index is 0.00785. The smallest absolute Gasteiger partial charge is 0.230 e. The van der Waals surface area contributed by atoms with Gasteiger partial charge >= 0.3 is 0 Å². The molecule has 3 N–H and O–H groups in total. The van der Waals surface area contributed by atoms with Crippen LogP contribution in [0.1, 0.15) is 36.5 Å². The highest BCUT2D eigenvalue weighted by Crippen LogP contribution is 2.33. The third kappa shape index (κ3) is 8.87. The summed E-state index contributed by atoms with van der Waals surface area (Å²) in [6.45, 7) is 6.70. The highest BCUT2D eigenvalue weighted by atomic mass is 79.9. The second-order valence-electron chi connectivity index (χ2n) is 9.90. The van der Waals surface area contributed by atoms with Gasteiger partial charge in [-0.25, -0.2) is 0 Å². The number of halogens is 1. The van der Waals surface area contributed by atoms with Gasteiger partial charge in [-0.05, 0) is 90.1 Å². The number of aryl methyl sites for hydroxylation is 1. The number of hydrogen-bond acceptors (Lipinski definition) is 5. The Labute approximate surface area is 242 Å². The van der Waals surface area contributed by atoms with Crippen molar-refractivity contribution >= 4 is 27.5 Å². The molecule has 6 nitrogen and oxygen atoms in total. The number of piperidine rings is 1. The topological polar surface area (TPSA) is 70.8 Å². The summed E-state index contributed by atoms with van der Waals surface area (Å²) in [7, 11) is 3.46. The van der Waals surface area contributed by atoms with Crippen molar-refractivity contribution in [2.24, 2.45) is 11.7 Å². The highest BCUT2D eigenvalue weighted by Gasteiger charge is 2.33. The monoisotopic (exact) mass is 592 g/mol. The van der Waals surface area contributed by atoms with Gasteiger partial charge in [0.1, 0.15) is 5.75 Å². The number of anilines is 1. The molecule has 0 radical (unpaired) electrons. The molecule has 0 aliphatic carbocycles. The Kier molecular flexibility index (Phi) is 11.9. The first kappa shape index (κ1) is 30.3. The molecule has 1 fully saturated rings. The summed E-state index contributed by atoms with van der Waals surface area (Å²) in [5.74, 6) is 1.03. The molecule has 0 saturated carbocycles. The van der Waals surface area contributed by atoms with Crippen LogP contribution in [0.25, 0.3) is 0 Å². The van der Waals surface area contributed by atoms with Gasteiger partial charge in [0.15, 0.2) is 0 Å². The second kappa shape index (κ2) is 15.3. The number of carbonyl (C=O) groups excluding carboxylic acids is 1. The maximum Gasteiger partial charge on any atom is 0.230 e. The molecule has 0 spiro atoms. The van der Waals surface area contributed by atoms with Crippen LogP contribution in [0, 0.1) is 12.8 Å². The summed E-state index contributed by atoms with van der Waals surface area (Å²) in [5.41, 5.74) is 9.38. The molecule has 1 amide bonds. The van der Waals surface area contributed by atoms with Gasteiger partial charge in [-0.2, -0.15) is 0 Å². The van der Waals surface area contributed by atoms with Crippen molar-refractivity contribution in [1.82, 2.24) is 10.2 Å². The molecule has 3 aromatic carbocycles. The molecule has 4 rings (SSSR count). The van der Waals surface area contributed by atoms with E-state index in [-0.39, 0.29) is 11.8 Å². The average Bonchev–Trinajstić information content (AvgIpc) is 2.94. The Hall–Kier alpha value is -3.29. The summed E-state index contributed by atoms with van der Waals surface area (Å²) in [6.07, 6.45) is 4.84. The summed E-state index contributed by atoms with van der Waals surface area (Å²) >= 11 is 3.71. The molecule has 1 aliphatic rings. The van der Waals surface area contributed by atoms with Crippen LogP contribution in [-0.4, -0.2) is 37.6 Å². The van der Waals surface area contributed by atoms with E-state index in [1.54, 1.807) is 20.4 Å². The predicted octanol–water partition coefficient (Wildman–Crippen LogP) is 6.24. The molecule has 208 valence electrons. The molecule has 1 aliphatic heterocycles. The Balaban J connectivity index is 0.000000771. The second-order valence-corrected chi connectivity index (χ2v) is 10.8. The zero-order valence-electron chi connectivity index (χ0n) is 23.4. The molecule has 0 bridgehead atoms. The number of methoxy groups -OCH3 is 1. The van der Waals surface area contributed by atoms with Gasteiger partial charge in [0.25, 0.3) is 0 Å². The standard InChI is InChI=1S/C29H33BrN2O2.C3H8N2/c1-21-9-14-28(27(30)17-21)32(20-24-10-12-26(34-3)13-11-24)29(33)25-15-16-31(22(2)18-25)19-23-7-5-4-6-8-23;1-5-3-2-4/h4-14,17,22,25H,15-16,18-20H2,1-3H3;2-3,5H,4H2,1H3/b;3-2-/t22-,25?;/m0./s1. The summed E-state index contributed by atoms with van der Waals surface area (Å²) in [6, 6.07) is 25.1. The first-order valence-corrected chi connectivity index (χ1v) is 14.2. The number of nitrogens with two attached hydrogens (primary N) is 1. The van der Waals surface area contributed by atoms with Crippen molar-refractivity contribution in [2.75, 3.05) is 25.6 Å². The van der Waals surface area contributed by atoms with E-state index in [2.05, 4.69) is 88.5 Å². The van der Waals surface area contributed by atoms with E-state index >= 15 is 0 Å². The van der Waals surface area contributed by atoms with Gasteiger partial charge in [0.05, 0.1) is 19.3 Å². The maximum absolute atomic E-state index is 13.9. The highest BCUT2D eigenvalue weighted by molar-refractivity contribution is 9.10. The number of hydrogen-bond donors (Lipinski definition) is 2. The molecule has 0 aromatic heterocycles.